The lowest BCUT2D eigenvalue weighted by atomic mass is 9.78. The second-order valence-corrected chi connectivity index (χ2v) is 9.90. The average Bonchev–Trinajstić information content (AvgIpc) is 2.87. The minimum atomic E-state index is -0.437. The number of aldehydes is 1. The third-order valence-corrected chi connectivity index (χ3v) is 7.42. The highest BCUT2D eigenvalue weighted by Crippen LogP contribution is 2.43. The Morgan fingerprint density at radius 1 is 1.14 bits per heavy atom. The zero-order chi connectivity index (χ0) is 25.3. The largest absolute Gasteiger partial charge is 0.497 e. The summed E-state index contributed by atoms with van der Waals surface area (Å²) >= 11 is 6.85. The van der Waals surface area contributed by atoms with Crippen LogP contribution in [0.25, 0.3) is 0 Å². The van der Waals surface area contributed by atoms with Gasteiger partial charge < -0.3 is 24.7 Å². The number of ether oxygens (including phenoxy) is 3. The van der Waals surface area contributed by atoms with E-state index in [0.29, 0.717) is 19.6 Å². The van der Waals surface area contributed by atoms with Crippen molar-refractivity contribution in [2.45, 2.75) is 69.0 Å². The number of likely N-dealkylation sites (tertiary alicyclic amines) is 1. The fourth-order valence-electron chi connectivity index (χ4n) is 4.95. The van der Waals surface area contributed by atoms with Gasteiger partial charge in [-0.15, -0.1) is 11.6 Å². The van der Waals surface area contributed by atoms with Gasteiger partial charge in [0.05, 0.1) is 19.6 Å². The third-order valence-electron chi connectivity index (χ3n) is 6.85. The van der Waals surface area contributed by atoms with Gasteiger partial charge in [-0.2, -0.15) is 0 Å². The van der Waals surface area contributed by atoms with Gasteiger partial charge in [0.1, 0.15) is 30.1 Å². The number of para-hydroxylation sites is 1. The molecule has 1 fully saturated rings. The van der Waals surface area contributed by atoms with E-state index in [2.05, 4.69) is 17.9 Å². The smallest absolute Gasteiger partial charge is 0.124 e. The SMILES string of the molecule is CCCC1(N)CC(c2ccccc2OCc2cc(OC)cc(OC)c2)N(CCCCC=O)CC1Cl. The first-order chi connectivity index (χ1) is 16.9. The van der Waals surface area contributed by atoms with Gasteiger partial charge in [0.25, 0.3) is 0 Å². The second kappa shape index (κ2) is 13.1. The molecule has 2 N–H and O–H groups in total. The lowest BCUT2D eigenvalue weighted by Gasteiger charge is -2.48. The number of halogens is 1. The van der Waals surface area contributed by atoms with E-state index in [-0.39, 0.29) is 11.4 Å². The highest BCUT2D eigenvalue weighted by atomic mass is 35.5. The highest BCUT2D eigenvalue weighted by Gasteiger charge is 2.44. The third kappa shape index (κ3) is 7.12. The molecule has 0 radical (unpaired) electrons. The van der Waals surface area contributed by atoms with Crippen LogP contribution in [0.5, 0.6) is 17.2 Å². The molecule has 0 saturated carbocycles. The van der Waals surface area contributed by atoms with Crippen LogP contribution in [-0.4, -0.2) is 49.4 Å². The Kier molecular flexibility index (Phi) is 10.3. The topological polar surface area (TPSA) is 74.0 Å². The number of alkyl halides is 1. The fraction of sp³-hybridized carbons (Fsp3) is 0.536. The molecule has 2 aromatic rings. The minimum Gasteiger partial charge on any atom is -0.497 e. The van der Waals surface area contributed by atoms with E-state index in [0.717, 1.165) is 73.3 Å². The molecule has 1 aliphatic heterocycles. The van der Waals surface area contributed by atoms with Crippen LogP contribution >= 0.6 is 11.6 Å². The molecular weight excluding hydrogens is 464 g/mol. The number of nitrogens with two attached hydrogens (primary N) is 1. The Morgan fingerprint density at radius 3 is 2.51 bits per heavy atom. The van der Waals surface area contributed by atoms with Crippen LogP contribution in [-0.2, 0) is 11.4 Å². The first kappa shape index (κ1) is 27.3. The van der Waals surface area contributed by atoms with Gasteiger partial charge in [-0.1, -0.05) is 31.5 Å². The molecule has 1 aliphatic rings. The molecule has 6 nitrogen and oxygen atoms in total. The van der Waals surface area contributed by atoms with Crippen LogP contribution in [0, 0.1) is 0 Å². The lowest BCUT2D eigenvalue weighted by molar-refractivity contribution is -0.107. The van der Waals surface area contributed by atoms with E-state index in [1.807, 2.05) is 36.4 Å². The van der Waals surface area contributed by atoms with Crippen molar-refractivity contribution in [3.8, 4) is 17.2 Å². The Labute approximate surface area is 214 Å². The first-order valence-electron chi connectivity index (χ1n) is 12.5. The van der Waals surface area contributed by atoms with Crippen LogP contribution in [0.2, 0.25) is 0 Å². The van der Waals surface area contributed by atoms with E-state index in [9.17, 15) is 4.79 Å². The summed E-state index contributed by atoms with van der Waals surface area (Å²) in [5.74, 6) is 2.29. The number of methoxy groups -OCH3 is 2. The van der Waals surface area contributed by atoms with E-state index in [1.54, 1.807) is 14.2 Å². The maximum atomic E-state index is 10.8. The van der Waals surface area contributed by atoms with Gasteiger partial charge >= 0.3 is 0 Å². The van der Waals surface area contributed by atoms with Crippen molar-refractivity contribution in [3.05, 3.63) is 53.6 Å². The van der Waals surface area contributed by atoms with Crippen molar-refractivity contribution in [1.82, 2.24) is 4.90 Å². The van der Waals surface area contributed by atoms with Crippen LogP contribution in [0.15, 0.2) is 42.5 Å². The normalized spacial score (nSPS) is 22.5. The summed E-state index contributed by atoms with van der Waals surface area (Å²) in [4.78, 5) is 13.2. The van der Waals surface area contributed by atoms with Gasteiger partial charge in [0.15, 0.2) is 0 Å². The summed E-state index contributed by atoms with van der Waals surface area (Å²) in [6.07, 6.45) is 6.01. The van der Waals surface area contributed by atoms with Crippen molar-refractivity contribution < 1.29 is 19.0 Å². The minimum absolute atomic E-state index is 0.0915. The summed E-state index contributed by atoms with van der Waals surface area (Å²) in [5.41, 5.74) is 8.53. The second-order valence-electron chi connectivity index (χ2n) is 9.38. The molecule has 1 saturated heterocycles. The Bertz CT molecular complexity index is 934. The summed E-state index contributed by atoms with van der Waals surface area (Å²) in [7, 11) is 3.28. The van der Waals surface area contributed by atoms with Crippen molar-refractivity contribution in [1.29, 1.82) is 0 Å². The van der Waals surface area contributed by atoms with E-state index >= 15 is 0 Å². The van der Waals surface area contributed by atoms with Gasteiger partial charge in [-0.3, -0.25) is 4.90 Å². The standard InChI is InChI=1S/C28H39ClN2O4/c1-4-12-28(30)18-25(31(19-27(28)29)13-8-5-9-14-32)24-10-6-7-11-26(24)35-20-21-15-22(33-2)17-23(16-21)34-3/h6-7,10-11,14-17,25,27H,4-5,8-9,12-13,18-20,30H2,1-3H3. The molecule has 7 heteroatoms. The van der Waals surface area contributed by atoms with Crippen molar-refractivity contribution >= 4 is 17.9 Å². The summed E-state index contributed by atoms with van der Waals surface area (Å²) < 4.78 is 17.2. The summed E-state index contributed by atoms with van der Waals surface area (Å²) in [5, 5.41) is -0.123. The number of carbonyl (C=O) groups is 1. The number of hydrogen-bond donors (Lipinski definition) is 1. The molecule has 35 heavy (non-hydrogen) atoms. The monoisotopic (exact) mass is 502 g/mol. The number of hydrogen-bond acceptors (Lipinski definition) is 6. The molecule has 0 spiro atoms. The van der Waals surface area contributed by atoms with Crippen LogP contribution in [0.3, 0.4) is 0 Å². The quantitative estimate of drug-likeness (QED) is 0.221. The number of piperidine rings is 1. The number of unbranched alkanes of at least 4 members (excludes halogenated alkanes) is 2. The zero-order valence-electron chi connectivity index (χ0n) is 21.2. The molecule has 2 aromatic carbocycles. The van der Waals surface area contributed by atoms with Crippen LogP contribution in [0.1, 0.15) is 62.6 Å². The zero-order valence-corrected chi connectivity index (χ0v) is 21.9. The van der Waals surface area contributed by atoms with Crippen LogP contribution in [0.4, 0.5) is 0 Å². The molecule has 0 aromatic heterocycles. The van der Waals surface area contributed by atoms with Crippen LogP contribution < -0.4 is 19.9 Å². The molecular formula is C28H39ClN2O4. The van der Waals surface area contributed by atoms with Crippen molar-refractivity contribution in [3.63, 3.8) is 0 Å². The van der Waals surface area contributed by atoms with Gasteiger partial charge in [-0.25, -0.2) is 0 Å². The summed E-state index contributed by atoms with van der Waals surface area (Å²) in [6.45, 7) is 4.12. The molecule has 1 heterocycles. The van der Waals surface area contributed by atoms with Gasteiger partial charge in [-0.05, 0) is 56.0 Å². The number of carbonyl (C=O) groups excluding carboxylic acids is 1. The number of nitrogens with zero attached hydrogens (tertiary/aromatic N) is 1. The molecule has 0 aliphatic carbocycles. The molecule has 3 atom stereocenters. The Hall–Kier alpha value is -2.28. The lowest BCUT2D eigenvalue weighted by Crippen LogP contribution is -2.59. The predicted molar refractivity (Wildman–Crippen MR) is 141 cm³/mol. The molecule has 3 unspecified atom stereocenters. The average molecular weight is 503 g/mol. The van der Waals surface area contributed by atoms with E-state index in [1.165, 1.54) is 0 Å². The molecule has 0 bridgehead atoms. The highest BCUT2D eigenvalue weighted by molar-refractivity contribution is 6.21. The van der Waals surface area contributed by atoms with E-state index in [4.69, 9.17) is 31.5 Å². The Balaban J connectivity index is 1.85. The predicted octanol–water partition coefficient (Wildman–Crippen LogP) is 5.50. The molecule has 0 amide bonds. The Morgan fingerprint density at radius 2 is 1.86 bits per heavy atom. The van der Waals surface area contributed by atoms with Crippen molar-refractivity contribution in [2.75, 3.05) is 27.3 Å². The maximum absolute atomic E-state index is 10.8. The van der Waals surface area contributed by atoms with Gasteiger partial charge in [0.2, 0.25) is 0 Å². The van der Waals surface area contributed by atoms with Gasteiger partial charge in [0, 0.05) is 36.2 Å². The number of benzene rings is 2. The molecule has 3 rings (SSSR count). The van der Waals surface area contributed by atoms with E-state index < -0.39 is 5.54 Å². The fourth-order valence-corrected chi connectivity index (χ4v) is 5.33. The first-order valence-corrected chi connectivity index (χ1v) is 12.9. The van der Waals surface area contributed by atoms with Crippen molar-refractivity contribution in [2.24, 2.45) is 5.73 Å². The summed E-state index contributed by atoms with van der Waals surface area (Å²) in [6, 6.07) is 14.0. The number of rotatable bonds is 13. The maximum Gasteiger partial charge on any atom is 0.124 e. The molecule has 192 valence electrons.